The highest BCUT2D eigenvalue weighted by Crippen LogP contribution is 2.26. The Labute approximate surface area is 106 Å². The van der Waals surface area contributed by atoms with Crippen molar-refractivity contribution in [1.82, 2.24) is 14.5 Å². The Kier molecular flexibility index (Phi) is 2.89. The highest BCUT2D eigenvalue weighted by atomic mass is 15.0. The fourth-order valence-corrected chi connectivity index (χ4v) is 2.20. The van der Waals surface area contributed by atoms with E-state index in [0.29, 0.717) is 0 Å². The number of para-hydroxylation sites is 1. The van der Waals surface area contributed by atoms with E-state index in [1.807, 2.05) is 18.6 Å². The zero-order valence-electron chi connectivity index (χ0n) is 10.3. The first-order chi connectivity index (χ1) is 8.88. The molecule has 0 saturated carbocycles. The number of nitrogens with zero attached hydrogens (tertiary/aromatic N) is 2. The number of rotatable bonds is 4. The van der Waals surface area contributed by atoms with Gasteiger partial charge in [0, 0.05) is 35.4 Å². The van der Waals surface area contributed by atoms with Crippen molar-refractivity contribution < 1.29 is 0 Å². The number of fused-ring (bicyclic) bond motifs is 1. The minimum atomic E-state index is 0.959. The van der Waals surface area contributed by atoms with E-state index in [1.54, 1.807) is 0 Å². The van der Waals surface area contributed by atoms with Crippen LogP contribution in [0.2, 0.25) is 0 Å². The Morgan fingerprint density at radius 1 is 1.28 bits per heavy atom. The van der Waals surface area contributed by atoms with Gasteiger partial charge in [-0.2, -0.15) is 0 Å². The van der Waals surface area contributed by atoms with E-state index in [-0.39, 0.29) is 0 Å². The minimum absolute atomic E-state index is 0.959. The Hall–Kier alpha value is -2.03. The van der Waals surface area contributed by atoms with Crippen molar-refractivity contribution in [3.05, 3.63) is 49.9 Å². The first-order valence-corrected chi connectivity index (χ1v) is 6.26. The maximum Gasteiger partial charge on any atom is 0.0953 e. The van der Waals surface area contributed by atoms with E-state index >= 15 is 0 Å². The predicted octanol–water partition coefficient (Wildman–Crippen LogP) is 3.65. The lowest BCUT2D eigenvalue weighted by molar-refractivity contribution is 0.648. The Morgan fingerprint density at radius 2 is 2.17 bits per heavy atom. The van der Waals surface area contributed by atoms with Crippen molar-refractivity contribution in [2.75, 3.05) is 0 Å². The lowest BCUT2D eigenvalue weighted by Crippen LogP contribution is -1.92. The number of aromatic amines is 1. The van der Waals surface area contributed by atoms with Crippen molar-refractivity contribution in [3.63, 3.8) is 0 Å². The van der Waals surface area contributed by atoms with Gasteiger partial charge in [-0.25, -0.2) is 4.98 Å². The monoisotopic (exact) mass is 238 g/mol. The molecule has 18 heavy (non-hydrogen) atoms. The molecule has 3 aromatic rings. The number of aromatic nitrogens is 3. The van der Waals surface area contributed by atoms with Crippen LogP contribution in [-0.4, -0.2) is 14.5 Å². The standard InChI is InChI=1S/C15H16N3/c1-2-3-8-18-10-15(17-11-18)13-9-16-14-7-5-4-6-12(13)14/h4-7,9-11,16H,1-3,8H2. The lowest BCUT2D eigenvalue weighted by Gasteiger charge is -1.98. The number of hydrogen-bond donors (Lipinski definition) is 1. The number of benzene rings is 1. The first-order valence-electron chi connectivity index (χ1n) is 6.26. The van der Waals surface area contributed by atoms with Crippen molar-refractivity contribution in [3.8, 4) is 11.3 Å². The Bertz CT molecular complexity index is 648. The Balaban J connectivity index is 1.96. The minimum Gasteiger partial charge on any atom is -0.360 e. The van der Waals surface area contributed by atoms with Gasteiger partial charge in [0.05, 0.1) is 12.0 Å². The van der Waals surface area contributed by atoms with Crippen molar-refractivity contribution in [2.45, 2.75) is 19.4 Å². The average Bonchev–Trinajstić information content (AvgIpc) is 3.02. The summed E-state index contributed by atoms with van der Waals surface area (Å²) >= 11 is 0. The molecular formula is C15H16N3. The topological polar surface area (TPSA) is 33.6 Å². The molecule has 0 atom stereocenters. The largest absolute Gasteiger partial charge is 0.360 e. The van der Waals surface area contributed by atoms with E-state index < -0.39 is 0 Å². The second kappa shape index (κ2) is 4.69. The van der Waals surface area contributed by atoms with Crippen LogP contribution in [0.4, 0.5) is 0 Å². The second-order valence-corrected chi connectivity index (χ2v) is 4.45. The fourth-order valence-electron chi connectivity index (χ4n) is 2.20. The fraction of sp³-hybridized carbons (Fsp3) is 0.200. The molecule has 1 N–H and O–H groups in total. The van der Waals surface area contributed by atoms with Crippen molar-refractivity contribution in [2.24, 2.45) is 0 Å². The van der Waals surface area contributed by atoms with Gasteiger partial charge in [0.15, 0.2) is 0 Å². The molecule has 0 spiro atoms. The van der Waals surface area contributed by atoms with Gasteiger partial charge in [-0.3, -0.25) is 0 Å². The summed E-state index contributed by atoms with van der Waals surface area (Å²) in [6.07, 6.45) is 8.07. The van der Waals surface area contributed by atoms with Crippen LogP contribution in [0.25, 0.3) is 22.2 Å². The number of hydrogen-bond acceptors (Lipinski definition) is 1. The number of aryl methyl sites for hydroxylation is 1. The summed E-state index contributed by atoms with van der Waals surface area (Å²) in [4.78, 5) is 7.76. The van der Waals surface area contributed by atoms with Crippen LogP contribution in [0.15, 0.2) is 43.0 Å². The van der Waals surface area contributed by atoms with Crippen LogP contribution < -0.4 is 0 Å². The number of unbranched alkanes of at least 4 members (excludes halogenated alkanes) is 1. The van der Waals surface area contributed by atoms with E-state index in [4.69, 9.17) is 0 Å². The maximum atomic E-state index is 4.48. The van der Waals surface area contributed by atoms with Crippen molar-refractivity contribution in [1.29, 1.82) is 0 Å². The highest BCUT2D eigenvalue weighted by Gasteiger charge is 2.07. The smallest absolute Gasteiger partial charge is 0.0953 e. The third kappa shape index (κ3) is 1.92. The normalized spacial score (nSPS) is 11.2. The number of imidazole rings is 1. The molecule has 0 aliphatic rings. The molecule has 3 nitrogen and oxygen atoms in total. The molecule has 0 unspecified atom stereocenters. The summed E-state index contributed by atoms with van der Waals surface area (Å²) in [5.41, 5.74) is 3.34. The molecule has 0 aliphatic heterocycles. The van der Waals surface area contributed by atoms with Crippen molar-refractivity contribution >= 4 is 10.9 Å². The van der Waals surface area contributed by atoms with Gasteiger partial charge in [0.2, 0.25) is 0 Å². The van der Waals surface area contributed by atoms with Gasteiger partial charge < -0.3 is 9.55 Å². The maximum absolute atomic E-state index is 4.48. The van der Waals surface area contributed by atoms with Gasteiger partial charge in [-0.1, -0.05) is 31.5 Å². The van der Waals surface area contributed by atoms with Crippen LogP contribution in [0.1, 0.15) is 12.8 Å². The molecule has 0 fully saturated rings. The molecule has 3 heteroatoms. The first kappa shape index (κ1) is 11.1. The SMILES string of the molecule is [CH2]CCCn1cnc(-c2c[nH]c3ccccc23)c1. The quantitative estimate of drug-likeness (QED) is 0.739. The van der Waals surface area contributed by atoms with Crippen LogP contribution in [0.5, 0.6) is 0 Å². The average molecular weight is 238 g/mol. The van der Waals surface area contributed by atoms with E-state index in [2.05, 4.69) is 45.9 Å². The van der Waals surface area contributed by atoms with Gasteiger partial charge >= 0.3 is 0 Å². The van der Waals surface area contributed by atoms with Gasteiger partial charge in [0.1, 0.15) is 0 Å². The van der Waals surface area contributed by atoms with Gasteiger partial charge in [0.25, 0.3) is 0 Å². The molecule has 0 saturated heterocycles. The third-order valence-corrected chi connectivity index (χ3v) is 3.16. The third-order valence-electron chi connectivity index (χ3n) is 3.16. The van der Waals surface area contributed by atoms with Crippen LogP contribution in [0.3, 0.4) is 0 Å². The predicted molar refractivity (Wildman–Crippen MR) is 74.1 cm³/mol. The van der Waals surface area contributed by atoms with Crippen LogP contribution in [-0.2, 0) is 6.54 Å². The number of H-pyrrole nitrogens is 1. The molecule has 2 heterocycles. The Morgan fingerprint density at radius 3 is 3.06 bits per heavy atom. The molecule has 0 aliphatic carbocycles. The summed E-state index contributed by atoms with van der Waals surface area (Å²) < 4.78 is 2.13. The lowest BCUT2D eigenvalue weighted by atomic mass is 10.1. The molecule has 1 radical (unpaired) electrons. The summed E-state index contributed by atoms with van der Waals surface area (Å²) in [6, 6.07) is 8.30. The van der Waals surface area contributed by atoms with E-state index in [1.165, 1.54) is 10.9 Å². The van der Waals surface area contributed by atoms with Crippen LogP contribution in [0, 0.1) is 6.92 Å². The summed E-state index contributed by atoms with van der Waals surface area (Å²) in [5.74, 6) is 0. The second-order valence-electron chi connectivity index (χ2n) is 4.45. The molecule has 1 aromatic carbocycles. The molecule has 91 valence electrons. The molecule has 0 bridgehead atoms. The van der Waals surface area contributed by atoms with E-state index in [9.17, 15) is 0 Å². The molecule has 3 rings (SSSR count). The van der Waals surface area contributed by atoms with E-state index in [0.717, 1.165) is 30.6 Å². The van der Waals surface area contributed by atoms with Gasteiger partial charge in [-0.05, 0) is 12.5 Å². The molecular weight excluding hydrogens is 222 g/mol. The zero-order chi connectivity index (χ0) is 12.4. The summed E-state index contributed by atoms with van der Waals surface area (Å²) in [7, 11) is 0. The van der Waals surface area contributed by atoms with Gasteiger partial charge in [-0.15, -0.1) is 0 Å². The summed E-state index contributed by atoms with van der Waals surface area (Å²) in [6.45, 7) is 4.84. The summed E-state index contributed by atoms with van der Waals surface area (Å²) in [5, 5.41) is 1.22. The number of nitrogens with one attached hydrogen (secondary N) is 1. The molecule has 2 aromatic heterocycles. The zero-order valence-corrected chi connectivity index (χ0v) is 10.3. The van der Waals surface area contributed by atoms with Crippen LogP contribution >= 0.6 is 0 Å². The highest BCUT2D eigenvalue weighted by molar-refractivity contribution is 5.94. The molecule has 0 amide bonds.